The summed E-state index contributed by atoms with van der Waals surface area (Å²) in [6, 6.07) is 24.2. The minimum atomic E-state index is -0.735. The molecule has 0 saturated carbocycles. The fourth-order valence-electron chi connectivity index (χ4n) is 3.28. The standard InChI is InChI=1S/C24H21BrO3/c1-16-6-2-5-9-23(16)27-14-20(26)15-28-24-21-8-4-3-7-17(21)12-18-10-11-19(25)13-22(18)24/h2-13,20,26H,14-15H2,1H3. The van der Waals surface area contributed by atoms with Gasteiger partial charge in [-0.25, -0.2) is 0 Å². The minimum Gasteiger partial charge on any atom is -0.490 e. The van der Waals surface area contributed by atoms with E-state index in [-0.39, 0.29) is 13.2 Å². The van der Waals surface area contributed by atoms with Gasteiger partial charge in [0.05, 0.1) is 0 Å². The second-order valence-corrected chi connectivity index (χ2v) is 7.75. The van der Waals surface area contributed by atoms with E-state index in [1.54, 1.807) is 0 Å². The number of hydrogen-bond acceptors (Lipinski definition) is 3. The molecule has 1 atom stereocenters. The van der Waals surface area contributed by atoms with Gasteiger partial charge in [0.15, 0.2) is 0 Å². The molecule has 1 N–H and O–H groups in total. The summed E-state index contributed by atoms with van der Waals surface area (Å²) in [6.45, 7) is 2.32. The van der Waals surface area contributed by atoms with Gasteiger partial charge in [0.1, 0.15) is 30.8 Å². The van der Waals surface area contributed by atoms with Gasteiger partial charge in [0.2, 0.25) is 0 Å². The molecular weight excluding hydrogens is 416 g/mol. The Morgan fingerprint density at radius 2 is 1.54 bits per heavy atom. The van der Waals surface area contributed by atoms with Crippen LogP contribution in [0.5, 0.6) is 11.5 Å². The minimum absolute atomic E-state index is 0.154. The number of aryl methyl sites for hydroxylation is 1. The molecule has 4 aromatic rings. The van der Waals surface area contributed by atoms with Crippen molar-refractivity contribution in [1.82, 2.24) is 0 Å². The Morgan fingerprint density at radius 3 is 2.39 bits per heavy atom. The van der Waals surface area contributed by atoms with Gasteiger partial charge in [0, 0.05) is 15.2 Å². The maximum Gasteiger partial charge on any atom is 0.135 e. The van der Waals surface area contributed by atoms with Gasteiger partial charge in [0.25, 0.3) is 0 Å². The Bertz CT molecular complexity index is 1120. The monoisotopic (exact) mass is 436 g/mol. The number of aliphatic hydroxyl groups is 1. The van der Waals surface area contributed by atoms with Crippen LogP contribution in [0.15, 0.2) is 77.3 Å². The quantitative estimate of drug-likeness (QED) is 0.383. The molecule has 142 valence electrons. The third-order valence-corrected chi connectivity index (χ3v) is 5.21. The van der Waals surface area contributed by atoms with Gasteiger partial charge in [-0.05, 0) is 47.5 Å². The van der Waals surface area contributed by atoms with E-state index in [4.69, 9.17) is 9.47 Å². The number of benzene rings is 4. The average Bonchev–Trinajstić information content (AvgIpc) is 2.70. The van der Waals surface area contributed by atoms with Gasteiger partial charge in [-0.1, -0.05) is 64.5 Å². The van der Waals surface area contributed by atoms with Crippen molar-refractivity contribution in [2.45, 2.75) is 13.0 Å². The van der Waals surface area contributed by atoms with Gasteiger partial charge >= 0.3 is 0 Å². The number of halogens is 1. The van der Waals surface area contributed by atoms with Crippen LogP contribution in [0, 0.1) is 6.92 Å². The number of ether oxygens (including phenoxy) is 2. The number of hydrogen-bond donors (Lipinski definition) is 1. The molecule has 4 heteroatoms. The third kappa shape index (κ3) is 3.98. The van der Waals surface area contributed by atoms with Crippen molar-refractivity contribution in [3.63, 3.8) is 0 Å². The molecule has 0 fully saturated rings. The van der Waals surface area contributed by atoms with Crippen LogP contribution in [-0.2, 0) is 0 Å². The molecule has 0 heterocycles. The molecule has 0 saturated heterocycles. The Hall–Kier alpha value is -2.56. The van der Waals surface area contributed by atoms with Crippen molar-refractivity contribution < 1.29 is 14.6 Å². The zero-order valence-corrected chi connectivity index (χ0v) is 17.1. The maximum atomic E-state index is 10.4. The molecule has 28 heavy (non-hydrogen) atoms. The Balaban J connectivity index is 1.56. The number of para-hydroxylation sites is 1. The smallest absolute Gasteiger partial charge is 0.135 e. The molecule has 0 amide bonds. The Kier molecular flexibility index (Phi) is 5.51. The van der Waals surface area contributed by atoms with E-state index in [1.807, 2.05) is 61.5 Å². The summed E-state index contributed by atoms with van der Waals surface area (Å²) in [4.78, 5) is 0. The van der Waals surface area contributed by atoms with Crippen molar-refractivity contribution in [2.75, 3.05) is 13.2 Å². The Labute approximate surface area is 172 Å². The van der Waals surface area contributed by atoms with Crippen LogP contribution >= 0.6 is 15.9 Å². The zero-order chi connectivity index (χ0) is 19.5. The first-order valence-corrected chi connectivity index (χ1v) is 10.0. The summed E-state index contributed by atoms with van der Waals surface area (Å²) >= 11 is 3.54. The van der Waals surface area contributed by atoms with E-state index >= 15 is 0 Å². The summed E-state index contributed by atoms with van der Waals surface area (Å²) in [7, 11) is 0. The van der Waals surface area contributed by atoms with Crippen LogP contribution in [0.2, 0.25) is 0 Å². The van der Waals surface area contributed by atoms with Crippen molar-refractivity contribution >= 4 is 37.5 Å². The highest BCUT2D eigenvalue weighted by atomic mass is 79.9. The van der Waals surface area contributed by atoms with Gasteiger partial charge < -0.3 is 14.6 Å². The molecule has 0 aliphatic heterocycles. The van der Waals surface area contributed by atoms with E-state index in [2.05, 4.69) is 34.1 Å². The lowest BCUT2D eigenvalue weighted by Gasteiger charge is -2.17. The normalized spacial score (nSPS) is 12.2. The fourth-order valence-corrected chi connectivity index (χ4v) is 3.64. The molecule has 4 aromatic carbocycles. The summed E-state index contributed by atoms with van der Waals surface area (Å²) < 4.78 is 12.9. The second-order valence-electron chi connectivity index (χ2n) is 6.83. The largest absolute Gasteiger partial charge is 0.490 e. The molecule has 1 unspecified atom stereocenters. The molecule has 0 aromatic heterocycles. The van der Waals surface area contributed by atoms with Crippen LogP contribution < -0.4 is 9.47 Å². The number of aliphatic hydroxyl groups excluding tert-OH is 1. The summed E-state index contributed by atoms with van der Waals surface area (Å²) in [5, 5.41) is 14.7. The van der Waals surface area contributed by atoms with E-state index in [9.17, 15) is 5.11 Å². The van der Waals surface area contributed by atoms with E-state index in [0.717, 1.165) is 43.1 Å². The zero-order valence-electron chi connectivity index (χ0n) is 15.6. The molecule has 4 rings (SSSR count). The van der Waals surface area contributed by atoms with Crippen molar-refractivity contribution in [3.05, 3.63) is 82.8 Å². The predicted molar refractivity (Wildman–Crippen MR) is 117 cm³/mol. The van der Waals surface area contributed by atoms with E-state index in [0.29, 0.717) is 0 Å². The van der Waals surface area contributed by atoms with Crippen LogP contribution in [0.1, 0.15) is 5.56 Å². The van der Waals surface area contributed by atoms with Crippen molar-refractivity contribution in [2.24, 2.45) is 0 Å². The third-order valence-electron chi connectivity index (χ3n) is 4.72. The predicted octanol–water partition coefficient (Wildman–Crippen LogP) is 5.88. The molecule has 3 nitrogen and oxygen atoms in total. The van der Waals surface area contributed by atoms with Gasteiger partial charge in [-0.2, -0.15) is 0 Å². The molecule has 0 aliphatic carbocycles. The first kappa shape index (κ1) is 18.8. The molecular formula is C24H21BrO3. The lowest BCUT2D eigenvalue weighted by Crippen LogP contribution is -2.25. The highest BCUT2D eigenvalue weighted by Crippen LogP contribution is 2.36. The topological polar surface area (TPSA) is 38.7 Å². The maximum absolute atomic E-state index is 10.4. The molecule has 0 spiro atoms. The van der Waals surface area contributed by atoms with Gasteiger partial charge in [-0.15, -0.1) is 0 Å². The van der Waals surface area contributed by atoms with Crippen molar-refractivity contribution in [3.8, 4) is 11.5 Å². The average molecular weight is 437 g/mol. The summed E-state index contributed by atoms with van der Waals surface area (Å²) in [5.74, 6) is 1.56. The molecule has 0 bridgehead atoms. The van der Waals surface area contributed by atoms with Crippen LogP contribution in [0.3, 0.4) is 0 Å². The summed E-state index contributed by atoms with van der Waals surface area (Å²) in [5.41, 5.74) is 1.04. The van der Waals surface area contributed by atoms with Crippen LogP contribution in [0.4, 0.5) is 0 Å². The first-order chi connectivity index (χ1) is 13.6. The number of rotatable bonds is 6. The molecule has 0 aliphatic rings. The fraction of sp³-hybridized carbons (Fsp3) is 0.167. The van der Waals surface area contributed by atoms with E-state index < -0.39 is 6.10 Å². The lowest BCUT2D eigenvalue weighted by molar-refractivity contribution is 0.0634. The van der Waals surface area contributed by atoms with Crippen molar-refractivity contribution in [1.29, 1.82) is 0 Å². The Morgan fingerprint density at radius 1 is 0.821 bits per heavy atom. The van der Waals surface area contributed by atoms with Crippen LogP contribution in [-0.4, -0.2) is 24.4 Å². The van der Waals surface area contributed by atoms with Gasteiger partial charge in [-0.3, -0.25) is 0 Å². The van der Waals surface area contributed by atoms with Crippen LogP contribution in [0.25, 0.3) is 21.5 Å². The number of fused-ring (bicyclic) bond motifs is 2. The first-order valence-electron chi connectivity index (χ1n) is 9.22. The lowest BCUT2D eigenvalue weighted by atomic mass is 10.0. The molecule has 0 radical (unpaired) electrons. The second kappa shape index (κ2) is 8.21. The summed E-state index contributed by atoms with van der Waals surface area (Å²) in [6.07, 6.45) is -0.735. The highest BCUT2D eigenvalue weighted by Gasteiger charge is 2.13. The highest BCUT2D eigenvalue weighted by molar-refractivity contribution is 9.10. The SMILES string of the molecule is Cc1ccccc1OCC(O)COc1c2ccccc2cc2ccc(Br)cc12. The van der Waals surface area contributed by atoms with E-state index in [1.165, 1.54) is 0 Å².